The van der Waals surface area contributed by atoms with E-state index in [-0.39, 0.29) is 35.8 Å². The Morgan fingerprint density at radius 1 is 1.43 bits per heavy atom. The lowest BCUT2D eigenvalue weighted by Crippen LogP contribution is -2.42. The number of carbonyl (C=O) groups excluding carboxylic acids is 1. The van der Waals surface area contributed by atoms with Crippen LogP contribution in [0.2, 0.25) is 0 Å². The second-order valence-corrected chi connectivity index (χ2v) is 7.21. The maximum Gasteiger partial charge on any atom is 0.236 e. The highest BCUT2D eigenvalue weighted by molar-refractivity contribution is 5.78. The van der Waals surface area contributed by atoms with Crippen LogP contribution in [-0.2, 0) is 9.53 Å². The minimum Gasteiger partial charge on any atom is -0.370 e. The molecule has 0 saturated carbocycles. The largest absolute Gasteiger partial charge is 0.370 e. The Morgan fingerprint density at radius 2 is 2.09 bits per heavy atom. The maximum atomic E-state index is 13.6. The summed E-state index contributed by atoms with van der Waals surface area (Å²) in [7, 11) is 0. The second kappa shape index (κ2) is 7.27. The summed E-state index contributed by atoms with van der Waals surface area (Å²) in [6.07, 6.45) is 5.17. The van der Waals surface area contributed by atoms with Gasteiger partial charge in [-0.15, -0.1) is 0 Å². The molecule has 2 aliphatic rings. The smallest absolute Gasteiger partial charge is 0.236 e. The molecule has 1 fully saturated rings. The highest BCUT2D eigenvalue weighted by Crippen LogP contribution is 2.36. The molecule has 0 radical (unpaired) electrons. The van der Waals surface area contributed by atoms with Crippen molar-refractivity contribution in [3.8, 4) is 6.07 Å². The van der Waals surface area contributed by atoms with E-state index in [4.69, 9.17) is 10.00 Å². The number of piperidine rings is 1. The highest BCUT2D eigenvalue weighted by Gasteiger charge is 2.32. The van der Waals surface area contributed by atoms with Gasteiger partial charge in [-0.2, -0.15) is 5.26 Å². The van der Waals surface area contributed by atoms with Gasteiger partial charge in [0.2, 0.25) is 5.91 Å². The number of amides is 1. The number of likely N-dealkylation sites (tertiary alicyclic amines) is 1. The van der Waals surface area contributed by atoms with Crippen LogP contribution in [0, 0.1) is 16.7 Å². The van der Waals surface area contributed by atoms with Gasteiger partial charge >= 0.3 is 0 Å². The van der Waals surface area contributed by atoms with Crippen LogP contribution in [-0.4, -0.2) is 36.1 Å². The number of nitriles is 1. The first-order chi connectivity index (χ1) is 10.8. The molecule has 1 saturated heterocycles. The molecule has 0 bridgehead atoms. The first-order valence-electron chi connectivity index (χ1n) is 8.19. The van der Waals surface area contributed by atoms with Crippen LogP contribution in [0.1, 0.15) is 46.5 Å². The van der Waals surface area contributed by atoms with E-state index in [9.17, 15) is 9.18 Å². The van der Waals surface area contributed by atoms with E-state index in [0.29, 0.717) is 19.5 Å². The zero-order valence-electron chi connectivity index (χ0n) is 14.1. The van der Waals surface area contributed by atoms with Gasteiger partial charge in [0, 0.05) is 13.1 Å². The van der Waals surface area contributed by atoms with E-state index < -0.39 is 0 Å². The number of ether oxygens (including phenoxy) is 1. The lowest BCUT2D eigenvalue weighted by Gasteiger charge is -2.37. The number of carbonyl (C=O) groups is 1. The third-order valence-corrected chi connectivity index (χ3v) is 4.41. The number of allylic oxidation sites excluding steroid dienone is 2. The Labute approximate surface area is 137 Å². The maximum absolute atomic E-state index is 13.6. The first kappa shape index (κ1) is 17.7. The molecular weight excluding hydrogens is 295 g/mol. The van der Waals surface area contributed by atoms with Crippen molar-refractivity contribution in [2.24, 2.45) is 5.41 Å². The Balaban J connectivity index is 1.93. The predicted molar refractivity (Wildman–Crippen MR) is 86.1 cm³/mol. The van der Waals surface area contributed by atoms with Crippen LogP contribution in [0.3, 0.4) is 0 Å². The zero-order chi connectivity index (χ0) is 17.0. The zero-order valence-corrected chi connectivity index (χ0v) is 14.1. The summed E-state index contributed by atoms with van der Waals surface area (Å²) in [5.41, 5.74) is 0.847. The van der Waals surface area contributed by atoms with Crippen molar-refractivity contribution in [3.05, 3.63) is 23.6 Å². The van der Waals surface area contributed by atoms with Crippen LogP contribution < -0.4 is 0 Å². The van der Waals surface area contributed by atoms with Crippen LogP contribution in [0.15, 0.2) is 23.6 Å². The highest BCUT2D eigenvalue weighted by atomic mass is 19.1. The summed E-state index contributed by atoms with van der Waals surface area (Å²) < 4.78 is 19.8. The molecule has 4 nitrogen and oxygen atoms in total. The minimum atomic E-state index is -0.188. The van der Waals surface area contributed by atoms with Crippen LogP contribution in [0.4, 0.5) is 4.39 Å². The number of nitrogens with zero attached hydrogens (tertiary/aromatic N) is 2. The van der Waals surface area contributed by atoms with E-state index in [1.54, 1.807) is 17.1 Å². The Morgan fingerprint density at radius 3 is 2.65 bits per heavy atom. The Kier molecular flexibility index (Phi) is 5.59. The van der Waals surface area contributed by atoms with Crippen molar-refractivity contribution in [1.82, 2.24) is 4.90 Å². The fourth-order valence-electron chi connectivity index (χ4n) is 3.13. The topological polar surface area (TPSA) is 53.3 Å². The lowest BCUT2D eigenvalue weighted by atomic mass is 9.80. The van der Waals surface area contributed by atoms with Crippen molar-refractivity contribution in [2.75, 3.05) is 13.1 Å². The van der Waals surface area contributed by atoms with Gasteiger partial charge in [0.1, 0.15) is 12.2 Å². The van der Waals surface area contributed by atoms with Crippen molar-refractivity contribution in [3.63, 3.8) is 0 Å². The van der Waals surface area contributed by atoms with Crippen LogP contribution in [0.5, 0.6) is 0 Å². The third-order valence-electron chi connectivity index (χ3n) is 4.41. The molecule has 126 valence electrons. The number of hydrogen-bond acceptors (Lipinski definition) is 3. The van der Waals surface area contributed by atoms with Crippen molar-refractivity contribution < 1.29 is 13.9 Å². The van der Waals surface area contributed by atoms with Gasteiger partial charge in [0.15, 0.2) is 0 Å². The monoisotopic (exact) mass is 320 g/mol. The van der Waals surface area contributed by atoms with Crippen molar-refractivity contribution in [2.45, 2.75) is 58.7 Å². The first-order valence-corrected chi connectivity index (χ1v) is 8.19. The van der Waals surface area contributed by atoms with E-state index in [0.717, 1.165) is 18.4 Å². The molecule has 1 unspecified atom stereocenters. The summed E-state index contributed by atoms with van der Waals surface area (Å²) in [5.74, 6) is -0.296. The third kappa shape index (κ3) is 4.65. The predicted octanol–water partition coefficient (Wildman–Crippen LogP) is 3.51. The molecule has 5 heteroatoms. The summed E-state index contributed by atoms with van der Waals surface area (Å²) in [6, 6.07) is 1.90. The molecule has 1 aliphatic heterocycles. The van der Waals surface area contributed by atoms with Crippen molar-refractivity contribution >= 4 is 5.91 Å². The summed E-state index contributed by atoms with van der Waals surface area (Å²) in [5, 5.41) is 8.60. The van der Waals surface area contributed by atoms with Gasteiger partial charge in [0.25, 0.3) is 0 Å². The lowest BCUT2D eigenvalue weighted by molar-refractivity contribution is -0.133. The van der Waals surface area contributed by atoms with Gasteiger partial charge in [-0.3, -0.25) is 4.79 Å². The fourth-order valence-corrected chi connectivity index (χ4v) is 3.13. The molecule has 1 aliphatic carbocycles. The molecular formula is C18H25FN2O2. The van der Waals surface area contributed by atoms with E-state index in [2.05, 4.69) is 20.8 Å². The fraction of sp³-hybridized carbons (Fsp3) is 0.667. The normalized spacial score (nSPS) is 23.1. The summed E-state index contributed by atoms with van der Waals surface area (Å²) in [4.78, 5) is 13.4. The molecule has 0 aromatic heterocycles. The standard InChI is InChI=1S/C18H25FN2O2/c1-18(2,3)15-12-13(19)4-5-16(15)23-14-7-10-21(11-8-14)17(22)6-9-20/h4,12,14,16H,5-8,10-11H2,1-3H3. The van der Waals surface area contributed by atoms with Gasteiger partial charge in [-0.25, -0.2) is 4.39 Å². The molecule has 23 heavy (non-hydrogen) atoms. The molecule has 0 aromatic rings. The number of hydrogen-bond donors (Lipinski definition) is 0. The average Bonchev–Trinajstić information content (AvgIpc) is 2.49. The van der Waals surface area contributed by atoms with E-state index >= 15 is 0 Å². The number of halogens is 1. The van der Waals surface area contributed by atoms with Crippen molar-refractivity contribution in [1.29, 1.82) is 5.26 Å². The van der Waals surface area contributed by atoms with E-state index in [1.165, 1.54) is 0 Å². The molecule has 1 atom stereocenters. The summed E-state index contributed by atoms with van der Waals surface area (Å²) >= 11 is 0. The van der Waals surface area contributed by atoms with Crippen LogP contribution >= 0.6 is 0 Å². The quantitative estimate of drug-likeness (QED) is 0.799. The van der Waals surface area contributed by atoms with E-state index in [1.807, 2.05) is 6.07 Å². The molecule has 0 N–H and O–H groups in total. The second-order valence-electron chi connectivity index (χ2n) is 7.21. The van der Waals surface area contributed by atoms with Gasteiger partial charge < -0.3 is 9.64 Å². The molecule has 1 amide bonds. The molecule has 2 rings (SSSR count). The molecule has 0 aromatic carbocycles. The number of rotatable bonds is 3. The minimum absolute atomic E-state index is 0.0604. The Hall–Kier alpha value is -1.67. The Bertz CT molecular complexity index is 546. The molecule has 1 heterocycles. The average molecular weight is 320 g/mol. The summed E-state index contributed by atoms with van der Waals surface area (Å²) in [6.45, 7) is 7.44. The van der Waals surface area contributed by atoms with Gasteiger partial charge in [0.05, 0.1) is 18.3 Å². The SMILES string of the molecule is CC(C)(C)C1=CC(F)=CCC1OC1CCN(C(=O)CC#N)CC1. The van der Waals surface area contributed by atoms with Crippen LogP contribution in [0.25, 0.3) is 0 Å². The van der Waals surface area contributed by atoms with Gasteiger partial charge in [-0.1, -0.05) is 20.8 Å². The molecule has 0 spiro atoms. The van der Waals surface area contributed by atoms with Gasteiger partial charge in [-0.05, 0) is 42.4 Å².